The summed E-state index contributed by atoms with van der Waals surface area (Å²) in [5.74, 6) is 0.290. The standard InChI is InChI=1S/C10H14N2O/c11-9-2-1-5-12-10-4-3-7(13)6-8(9)10/h3-4,6,9,12-13H,1-2,5,11H2. The molecule has 70 valence electrons. The third-order valence-electron chi connectivity index (χ3n) is 2.44. The smallest absolute Gasteiger partial charge is 0.116 e. The number of hydrogen-bond donors (Lipinski definition) is 3. The van der Waals surface area contributed by atoms with Crippen LogP contribution in [0.4, 0.5) is 5.69 Å². The van der Waals surface area contributed by atoms with Gasteiger partial charge < -0.3 is 16.2 Å². The van der Waals surface area contributed by atoms with Crippen molar-refractivity contribution in [2.45, 2.75) is 18.9 Å². The Morgan fingerprint density at radius 2 is 2.31 bits per heavy atom. The van der Waals surface area contributed by atoms with E-state index in [0.29, 0.717) is 0 Å². The van der Waals surface area contributed by atoms with Crippen LogP contribution in [0.5, 0.6) is 5.75 Å². The monoisotopic (exact) mass is 178 g/mol. The lowest BCUT2D eigenvalue weighted by atomic mass is 10.0. The minimum Gasteiger partial charge on any atom is -0.508 e. The van der Waals surface area contributed by atoms with Crippen molar-refractivity contribution < 1.29 is 5.11 Å². The fraction of sp³-hybridized carbons (Fsp3) is 0.400. The Morgan fingerprint density at radius 3 is 3.15 bits per heavy atom. The minimum absolute atomic E-state index is 0.0529. The van der Waals surface area contributed by atoms with Crippen molar-refractivity contribution in [3.8, 4) is 5.75 Å². The first-order valence-corrected chi connectivity index (χ1v) is 4.60. The Balaban J connectivity index is 2.43. The first kappa shape index (κ1) is 8.38. The van der Waals surface area contributed by atoms with Crippen molar-refractivity contribution in [1.29, 1.82) is 0 Å². The molecule has 0 spiro atoms. The predicted octanol–water partition coefficient (Wildman–Crippen LogP) is 1.60. The molecule has 1 aliphatic rings. The number of aromatic hydroxyl groups is 1. The fourth-order valence-electron chi connectivity index (χ4n) is 1.72. The highest BCUT2D eigenvalue weighted by molar-refractivity contribution is 5.56. The van der Waals surface area contributed by atoms with Gasteiger partial charge in [0.1, 0.15) is 5.75 Å². The van der Waals surface area contributed by atoms with Crippen LogP contribution in [0.2, 0.25) is 0 Å². The molecule has 0 fully saturated rings. The molecule has 1 atom stereocenters. The zero-order valence-corrected chi connectivity index (χ0v) is 7.46. The maximum absolute atomic E-state index is 9.31. The quantitative estimate of drug-likeness (QED) is 0.529. The summed E-state index contributed by atoms with van der Waals surface area (Å²) >= 11 is 0. The van der Waals surface area contributed by atoms with Gasteiger partial charge in [-0.3, -0.25) is 0 Å². The van der Waals surface area contributed by atoms with Gasteiger partial charge in [-0.2, -0.15) is 0 Å². The van der Waals surface area contributed by atoms with Crippen molar-refractivity contribution in [2.75, 3.05) is 11.9 Å². The molecule has 0 radical (unpaired) electrons. The number of benzene rings is 1. The van der Waals surface area contributed by atoms with E-state index in [9.17, 15) is 5.11 Å². The van der Waals surface area contributed by atoms with E-state index >= 15 is 0 Å². The van der Waals surface area contributed by atoms with E-state index in [4.69, 9.17) is 5.73 Å². The number of phenols is 1. The van der Waals surface area contributed by atoms with Crippen molar-refractivity contribution in [1.82, 2.24) is 0 Å². The molecule has 2 rings (SSSR count). The third-order valence-corrected chi connectivity index (χ3v) is 2.44. The summed E-state index contributed by atoms with van der Waals surface area (Å²) in [5, 5.41) is 12.6. The Hall–Kier alpha value is -1.22. The van der Waals surface area contributed by atoms with Gasteiger partial charge >= 0.3 is 0 Å². The molecule has 1 heterocycles. The van der Waals surface area contributed by atoms with Crippen molar-refractivity contribution >= 4 is 5.69 Å². The Morgan fingerprint density at radius 1 is 1.46 bits per heavy atom. The molecule has 1 aromatic carbocycles. The molecule has 0 aromatic heterocycles. The summed E-state index contributed by atoms with van der Waals surface area (Å²) in [5.41, 5.74) is 8.05. The van der Waals surface area contributed by atoms with Crippen LogP contribution in [0.15, 0.2) is 18.2 Å². The van der Waals surface area contributed by atoms with Crippen molar-refractivity contribution in [3.05, 3.63) is 23.8 Å². The second kappa shape index (κ2) is 3.26. The number of anilines is 1. The largest absolute Gasteiger partial charge is 0.508 e. The summed E-state index contributed by atoms with van der Waals surface area (Å²) in [6.07, 6.45) is 2.06. The SMILES string of the molecule is NC1CCCNc2ccc(O)cc21. The molecule has 0 saturated carbocycles. The number of phenolic OH excluding ortho intramolecular Hbond substituents is 1. The lowest BCUT2D eigenvalue weighted by molar-refractivity contribution is 0.473. The zero-order chi connectivity index (χ0) is 9.26. The first-order chi connectivity index (χ1) is 6.27. The summed E-state index contributed by atoms with van der Waals surface area (Å²) in [7, 11) is 0. The summed E-state index contributed by atoms with van der Waals surface area (Å²) in [6, 6.07) is 5.37. The maximum Gasteiger partial charge on any atom is 0.116 e. The number of nitrogens with one attached hydrogen (secondary N) is 1. The molecule has 1 aliphatic heterocycles. The highest BCUT2D eigenvalue weighted by Crippen LogP contribution is 2.30. The fourth-order valence-corrected chi connectivity index (χ4v) is 1.72. The van der Waals surface area contributed by atoms with E-state index in [2.05, 4.69) is 5.32 Å². The summed E-state index contributed by atoms with van der Waals surface area (Å²) in [6.45, 7) is 0.964. The van der Waals surface area contributed by atoms with Crippen LogP contribution >= 0.6 is 0 Å². The predicted molar refractivity (Wildman–Crippen MR) is 52.8 cm³/mol. The molecule has 3 heteroatoms. The molecule has 0 bridgehead atoms. The van der Waals surface area contributed by atoms with Gasteiger partial charge in [0.15, 0.2) is 0 Å². The molecule has 4 N–H and O–H groups in total. The minimum atomic E-state index is 0.0529. The number of nitrogens with two attached hydrogens (primary N) is 1. The Bertz CT molecular complexity index is 312. The molecule has 0 amide bonds. The molecule has 1 aromatic rings. The Kier molecular flexibility index (Phi) is 2.10. The van der Waals surface area contributed by atoms with Crippen LogP contribution < -0.4 is 11.1 Å². The van der Waals surface area contributed by atoms with Gasteiger partial charge in [-0.15, -0.1) is 0 Å². The van der Waals surface area contributed by atoms with Crippen LogP contribution in [0, 0.1) is 0 Å². The van der Waals surface area contributed by atoms with E-state index in [-0.39, 0.29) is 11.8 Å². The van der Waals surface area contributed by atoms with Crippen LogP contribution in [0.25, 0.3) is 0 Å². The topological polar surface area (TPSA) is 58.3 Å². The average Bonchev–Trinajstić information content (AvgIpc) is 2.29. The molecule has 0 saturated heterocycles. The van der Waals surface area contributed by atoms with E-state index < -0.39 is 0 Å². The molecular formula is C10H14N2O. The highest BCUT2D eigenvalue weighted by atomic mass is 16.3. The average molecular weight is 178 g/mol. The zero-order valence-electron chi connectivity index (χ0n) is 7.46. The maximum atomic E-state index is 9.31. The second-order valence-electron chi connectivity index (χ2n) is 3.45. The molecule has 13 heavy (non-hydrogen) atoms. The molecule has 3 nitrogen and oxygen atoms in total. The number of hydrogen-bond acceptors (Lipinski definition) is 3. The Labute approximate surface area is 77.6 Å². The van der Waals surface area contributed by atoms with Crippen LogP contribution in [-0.2, 0) is 0 Å². The summed E-state index contributed by atoms with van der Waals surface area (Å²) < 4.78 is 0. The molecular weight excluding hydrogens is 164 g/mol. The highest BCUT2D eigenvalue weighted by Gasteiger charge is 2.14. The first-order valence-electron chi connectivity index (χ1n) is 4.60. The normalized spacial score (nSPS) is 21.5. The van der Waals surface area contributed by atoms with E-state index in [1.807, 2.05) is 6.07 Å². The van der Waals surface area contributed by atoms with Gasteiger partial charge in [-0.25, -0.2) is 0 Å². The third kappa shape index (κ3) is 1.60. The van der Waals surface area contributed by atoms with Crippen LogP contribution in [-0.4, -0.2) is 11.7 Å². The van der Waals surface area contributed by atoms with Gasteiger partial charge in [-0.05, 0) is 36.6 Å². The van der Waals surface area contributed by atoms with Gasteiger partial charge in [-0.1, -0.05) is 0 Å². The molecule has 1 unspecified atom stereocenters. The van der Waals surface area contributed by atoms with Crippen LogP contribution in [0.3, 0.4) is 0 Å². The lowest BCUT2D eigenvalue weighted by Crippen LogP contribution is -2.09. The van der Waals surface area contributed by atoms with Gasteiger partial charge in [0, 0.05) is 18.3 Å². The van der Waals surface area contributed by atoms with E-state index in [0.717, 1.165) is 30.6 Å². The second-order valence-corrected chi connectivity index (χ2v) is 3.45. The number of fused-ring (bicyclic) bond motifs is 1. The van der Waals surface area contributed by atoms with Gasteiger partial charge in [0.05, 0.1) is 0 Å². The number of rotatable bonds is 0. The van der Waals surface area contributed by atoms with E-state index in [1.165, 1.54) is 0 Å². The van der Waals surface area contributed by atoms with Crippen molar-refractivity contribution in [3.63, 3.8) is 0 Å². The van der Waals surface area contributed by atoms with Gasteiger partial charge in [0.25, 0.3) is 0 Å². The van der Waals surface area contributed by atoms with Gasteiger partial charge in [0.2, 0.25) is 0 Å². The summed E-state index contributed by atoms with van der Waals surface area (Å²) in [4.78, 5) is 0. The van der Waals surface area contributed by atoms with Crippen molar-refractivity contribution in [2.24, 2.45) is 5.73 Å². The van der Waals surface area contributed by atoms with E-state index in [1.54, 1.807) is 12.1 Å². The molecule has 0 aliphatic carbocycles. The van der Waals surface area contributed by atoms with Crippen LogP contribution in [0.1, 0.15) is 24.4 Å². The lowest BCUT2D eigenvalue weighted by Gasteiger charge is -2.12.